The summed E-state index contributed by atoms with van der Waals surface area (Å²) in [7, 11) is 1.46. The Hall–Kier alpha value is -1.92. The van der Waals surface area contributed by atoms with E-state index in [1.165, 1.54) is 20.9 Å². The molecule has 3 fully saturated rings. The van der Waals surface area contributed by atoms with Crippen LogP contribution in [0.2, 0.25) is 0 Å². The van der Waals surface area contributed by atoms with Gasteiger partial charge in [-0.2, -0.15) is 0 Å². The van der Waals surface area contributed by atoms with Crippen LogP contribution in [-0.4, -0.2) is 47.9 Å². The van der Waals surface area contributed by atoms with Crippen molar-refractivity contribution in [3.05, 3.63) is 0 Å². The predicted molar refractivity (Wildman–Crippen MR) is 67.5 cm³/mol. The molecule has 7 heteroatoms. The summed E-state index contributed by atoms with van der Waals surface area (Å²) in [5.74, 6) is -2.83. The lowest BCUT2D eigenvalue weighted by Gasteiger charge is -2.34. The zero-order valence-corrected chi connectivity index (χ0v) is 12.1. The first kappa shape index (κ1) is 14.0. The number of ether oxygens (including phenoxy) is 2. The van der Waals surface area contributed by atoms with Gasteiger partial charge in [0.2, 0.25) is 11.8 Å². The van der Waals surface area contributed by atoms with Crippen LogP contribution < -0.4 is 0 Å². The Morgan fingerprint density at radius 2 is 1.33 bits per heavy atom. The summed E-state index contributed by atoms with van der Waals surface area (Å²) in [6, 6.07) is 0. The SMILES string of the molecule is CC(=O)OC1C2CC(C1OC(C)=O)C1C(=O)N(C)C(=O)C21. The maximum absolute atomic E-state index is 12.2. The van der Waals surface area contributed by atoms with Crippen molar-refractivity contribution in [2.24, 2.45) is 23.7 Å². The minimum atomic E-state index is -0.638. The van der Waals surface area contributed by atoms with E-state index in [0.29, 0.717) is 6.42 Å². The van der Waals surface area contributed by atoms with Crippen molar-refractivity contribution in [2.75, 3.05) is 7.05 Å². The molecule has 1 heterocycles. The molecular formula is C14H17NO6. The number of amides is 2. The van der Waals surface area contributed by atoms with Crippen LogP contribution in [0.5, 0.6) is 0 Å². The van der Waals surface area contributed by atoms with Crippen molar-refractivity contribution in [1.29, 1.82) is 0 Å². The number of hydrogen-bond donors (Lipinski definition) is 0. The zero-order chi connectivity index (χ0) is 15.5. The second-order valence-corrected chi connectivity index (χ2v) is 6.00. The fourth-order valence-corrected chi connectivity index (χ4v) is 4.23. The van der Waals surface area contributed by atoms with Crippen LogP contribution in [0.1, 0.15) is 20.3 Å². The topological polar surface area (TPSA) is 90.0 Å². The van der Waals surface area contributed by atoms with Crippen LogP contribution in [0.4, 0.5) is 0 Å². The largest absolute Gasteiger partial charge is 0.458 e. The highest BCUT2D eigenvalue weighted by Gasteiger charge is 2.68. The van der Waals surface area contributed by atoms with Crippen LogP contribution in [0.3, 0.4) is 0 Å². The molecule has 2 aliphatic carbocycles. The molecule has 114 valence electrons. The number of fused-ring (bicyclic) bond motifs is 5. The molecule has 6 atom stereocenters. The van der Waals surface area contributed by atoms with Gasteiger partial charge in [-0.1, -0.05) is 0 Å². The fourth-order valence-electron chi connectivity index (χ4n) is 4.23. The van der Waals surface area contributed by atoms with Crippen LogP contribution in [0, 0.1) is 23.7 Å². The maximum atomic E-state index is 12.2. The fraction of sp³-hybridized carbons (Fsp3) is 0.714. The Kier molecular flexibility index (Phi) is 3.04. The van der Waals surface area contributed by atoms with E-state index in [-0.39, 0.29) is 23.7 Å². The van der Waals surface area contributed by atoms with Gasteiger partial charge < -0.3 is 9.47 Å². The third-order valence-corrected chi connectivity index (χ3v) is 4.86. The van der Waals surface area contributed by atoms with Crippen LogP contribution in [0.15, 0.2) is 0 Å². The van der Waals surface area contributed by atoms with Crippen molar-refractivity contribution in [1.82, 2.24) is 4.90 Å². The molecular weight excluding hydrogens is 278 g/mol. The highest BCUT2D eigenvalue weighted by molar-refractivity contribution is 6.06. The molecule has 0 radical (unpaired) electrons. The highest BCUT2D eigenvalue weighted by atomic mass is 16.6. The summed E-state index contributed by atoms with van der Waals surface area (Å²) in [6.45, 7) is 2.56. The third kappa shape index (κ3) is 1.86. The van der Waals surface area contributed by atoms with Crippen molar-refractivity contribution < 1.29 is 28.7 Å². The van der Waals surface area contributed by atoms with Crippen molar-refractivity contribution in [2.45, 2.75) is 32.5 Å². The van der Waals surface area contributed by atoms with Crippen molar-refractivity contribution >= 4 is 23.8 Å². The lowest BCUT2D eigenvalue weighted by atomic mass is 9.78. The molecule has 0 aromatic heterocycles. The number of esters is 2. The normalized spacial score (nSPS) is 40.4. The molecule has 0 aromatic rings. The second kappa shape index (κ2) is 4.54. The molecule has 0 spiro atoms. The van der Waals surface area contributed by atoms with Gasteiger partial charge in [0.05, 0.1) is 11.8 Å². The first-order valence-electron chi connectivity index (χ1n) is 6.98. The van der Waals surface area contributed by atoms with Gasteiger partial charge in [0.15, 0.2) is 0 Å². The molecule has 3 rings (SSSR count). The van der Waals surface area contributed by atoms with E-state index in [0.717, 1.165) is 4.90 Å². The van der Waals surface area contributed by atoms with E-state index in [2.05, 4.69) is 0 Å². The number of carbonyl (C=O) groups is 4. The van der Waals surface area contributed by atoms with E-state index in [1.54, 1.807) is 0 Å². The Labute approximate surface area is 121 Å². The van der Waals surface area contributed by atoms with Gasteiger partial charge in [-0.15, -0.1) is 0 Å². The number of hydrogen-bond acceptors (Lipinski definition) is 6. The molecule has 3 aliphatic rings. The number of nitrogens with zero attached hydrogens (tertiary/aromatic N) is 1. The van der Waals surface area contributed by atoms with E-state index in [4.69, 9.17) is 9.47 Å². The van der Waals surface area contributed by atoms with Crippen LogP contribution in [0.25, 0.3) is 0 Å². The molecule has 7 nitrogen and oxygen atoms in total. The van der Waals surface area contributed by atoms with Gasteiger partial charge in [0, 0.05) is 32.7 Å². The molecule has 1 saturated heterocycles. The van der Waals surface area contributed by atoms with Crippen LogP contribution in [-0.2, 0) is 28.7 Å². The molecule has 1 aliphatic heterocycles. The summed E-state index contributed by atoms with van der Waals surface area (Å²) in [5.41, 5.74) is 0. The Morgan fingerprint density at radius 3 is 1.67 bits per heavy atom. The molecule has 0 aromatic carbocycles. The molecule has 6 unspecified atom stereocenters. The van der Waals surface area contributed by atoms with Gasteiger partial charge in [0.1, 0.15) is 12.2 Å². The second-order valence-electron chi connectivity index (χ2n) is 6.00. The minimum absolute atomic E-state index is 0.226. The molecule has 0 N–H and O–H groups in total. The smallest absolute Gasteiger partial charge is 0.303 e. The summed E-state index contributed by atoms with van der Waals surface area (Å²) in [6.07, 6.45) is -0.710. The molecule has 2 saturated carbocycles. The average molecular weight is 295 g/mol. The number of rotatable bonds is 2. The lowest BCUT2D eigenvalue weighted by molar-refractivity contribution is -0.175. The van der Waals surface area contributed by atoms with E-state index in [1.807, 2.05) is 0 Å². The monoisotopic (exact) mass is 295 g/mol. The van der Waals surface area contributed by atoms with Crippen LogP contribution >= 0.6 is 0 Å². The quantitative estimate of drug-likeness (QED) is 0.514. The van der Waals surface area contributed by atoms with Gasteiger partial charge in [0.25, 0.3) is 0 Å². The zero-order valence-electron chi connectivity index (χ0n) is 12.1. The van der Waals surface area contributed by atoms with Gasteiger partial charge >= 0.3 is 11.9 Å². The molecule has 21 heavy (non-hydrogen) atoms. The third-order valence-electron chi connectivity index (χ3n) is 4.86. The standard InChI is InChI=1S/C14H17NO6/c1-5(16)20-11-7-4-8(12(11)21-6(2)17)10-9(7)13(18)15(3)14(10)19/h7-12H,4H2,1-3H3. The van der Waals surface area contributed by atoms with Crippen molar-refractivity contribution in [3.63, 3.8) is 0 Å². The van der Waals surface area contributed by atoms with Gasteiger partial charge in [-0.25, -0.2) is 0 Å². The van der Waals surface area contributed by atoms with E-state index < -0.39 is 36.0 Å². The van der Waals surface area contributed by atoms with Gasteiger partial charge in [-0.3, -0.25) is 24.1 Å². The summed E-state index contributed by atoms with van der Waals surface area (Å²) in [5, 5.41) is 0. The Balaban J connectivity index is 1.93. The predicted octanol–water partition coefficient (Wildman–Crippen LogP) is -0.269. The summed E-state index contributed by atoms with van der Waals surface area (Å²) in [4.78, 5) is 48.1. The molecule has 2 amide bonds. The average Bonchev–Trinajstić information content (AvgIpc) is 2.98. The lowest BCUT2D eigenvalue weighted by Crippen LogP contribution is -2.47. The summed E-state index contributed by atoms with van der Waals surface area (Å²) >= 11 is 0. The molecule has 2 bridgehead atoms. The van der Waals surface area contributed by atoms with Crippen molar-refractivity contribution in [3.8, 4) is 0 Å². The summed E-state index contributed by atoms with van der Waals surface area (Å²) < 4.78 is 10.6. The van der Waals surface area contributed by atoms with Gasteiger partial charge in [-0.05, 0) is 6.42 Å². The van der Waals surface area contributed by atoms with E-state index >= 15 is 0 Å². The Morgan fingerprint density at radius 1 is 0.952 bits per heavy atom. The highest BCUT2D eigenvalue weighted by Crippen LogP contribution is 2.57. The maximum Gasteiger partial charge on any atom is 0.303 e. The minimum Gasteiger partial charge on any atom is -0.458 e. The number of likely N-dealkylation sites (tertiary alicyclic amines) is 1. The van der Waals surface area contributed by atoms with E-state index in [9.17, 15) is 19.2 Å². The number of imide groups is 1. The first-order chi connectivity index (χ1) is 9.82. The first-order valence-corrected chi connectivity index (χ1v) is 6.98. The Bertz CT molecular complexity index is 494. The number of carbonyl (C=O) groups excluding carboxylic acids is 4.